The van der Waals surface area contributed by atoms with Crippen molar-refractivity contribution in [3.05, 3.63) is 34.1 Å². The zero-order chi connectivity index (χ0) is 13.8. The molecule has 1 aliphatic heterocycles. The van der Waals surface area contributed by atoms with Gasteiger partial charge in [-0.1, -0.05) is 0 Å². The smallest absolute Gasteiger partial charge is 0.253 e. The fraction of sp³-hybridized carbons (Fsp3) is 0.500. The van der Waals surface area contributed by atoms with Crippen LogP contribution >= 0.6 is 15.9 Å². The van der Waals surface area contributed by atoms with Gasteiger partial charge in [-0.15, -0.1) is 0 Å². The second kappa shape index (κ2) is 6.48. The number of nitrogens with zero attached hydrogens (tertiary/aromatic N) is 1. The van der Waals surface area contributed by atoms with E-state index < -0.39 is 0 Å². The Kier molecular flexibility index (Phi) is 4.93. The SMILES string of the molecule is NCCC1CCN(C(=O)c2ccc(F)c(Br)c2)CC1. The minimum Gasteiger partial charge on any atom is -0.339 e. The Morgan fingerprint density at radius 2 is 2.11 bits per heavy atom. The van der Waals surface area contributed by atoms with E-state index in [0.717, 1.165) is 32.4 Å². The van der Waals surface area contributed by atoms with E-state index in [0.29, 0.717) is 22.5 Å². The van der Waals surface area contributed by atoms with Crippen LogP contribution in [0.5, 0.6) is 0 Å². The van der Waals surface area contributed by atoms with Crippen molar-refractivity contribution in [2.45, 2.75) is 19.3 Å². The van der Waals surface area contributed by atoms with Crippen LogP contribution in [0.15, 0.2) is 22.7 Å². The van der Waals surface area contributed by atoms with Crippen LogP contribution in [-0.4, -0.2) is 30.4 Å². The topological polar surface area (TPSA) is 46.3 Å². The summed E-state index contributed by atoms with van der Waals surface area (Å²) in [6.07, 6.45) is 3.04. The number of carbonyl (C=O) groups excluding carboxylic acids is 1. The number of carbonyl (C=O) groups is 1. The average molecular weight is 329 g/mol. The van der Waals surface area contributed by atoms with Gasteiger partial charge in [-0.25, -0.2) is 4.39 Å². The molecule has 2 rings (SSSR count). The third-order valence-corrected chi connectivity index (χ3v) is 4.25. The van der Waals surface area contributed by atoms with Gasteiger partial charge in [-0.2, -0.15) is 0 Å². The average Bonchev–Trinajstić information content (AvgIpc) is 2.42. The van der Waals surface area contributed by atoms with Crippen molar-refractivity contribution >= 4 is 21.8 Å². The van der Waals surface area contributed by atoms with Gasteiger partial charge in [0.05, 0.1) is 4.47 Å². The van der Waals surface area contributed by atoms with Crippen LogP contribution in [0.1, 0.15) is 29.6 Å². The van der Waals surface area contributed by atoms with Crippen molar-refractivity contribution in [2.75, 3.05) is 19.6 Å². The van der Waals surface area contributed by atoms with Gasteiger partial charge < -0.3 is 10.6 Å². The van der Waals surface area contributed by atoms with Crippen molar-refractivity contribution in [1.29, 1.82) is 0 Å². The fourth-order valence-corrected chi connectivity index (χ4v) is 2.85. The second-order valence-electron chi connectivity index (χ2n) is 4.94. The van der Waals surface area contributed by atoms with Crippen LogP contribution in [-0.2, 0) is 0 Å². The van der Waals surface area contributed by atoms with Crippen LogP contribution in [0.4, 0.5) is 4.39 Å². The Bertz CT molecular complexity index is 459. The lowest BCUT2D eigenvalue weighted by Gasteiger charge is -2.32. The van der Waals surface area contributed by atoms with E-state index in [4.69, 9.17) is 5.73 Å². The van der Waals surface area contributed by atoms with E-state index >= 15 is 0 Å². The molecule has 0 bridgehead atoms. The molecule has 0 atom stereocenters. The standard InChI is InChI=1S/C14H18BrFN2O/c15-12-9-11(1-2-13(12)16)14(19)18-7-4-10(3-6-17)5-8-18/h1-2,9-10H,3-8,17H2. The normalized spacial score (nSPS) is 16.7. The van der Waals surface area contributed by atoms with Crippen LogP contribution in [0, 0.1) is 11.7 Å². The summed E-state index contributed by atoms with van der Waals surface area (Å²) in [5.74, 6) is 0.263. The highest BCUT2D eigenvalue weighted by Crippen LogP contribution is 2.23. The Labute approximate surface area is 121 Å². The third kappa shape index (κ3) is 3.54. The van der Waals surface area contributed by atoms with Crippen LogP contribution in [0.2, 0.25) is 0 Å². The molecule has 1 amide bonds. The van der Waals surface area contributed by atoms with Crippen molar-refractivity contribution in [3.8, 4) is 0 Å². The van der Waals surface area contributed by atoms with Gasteiger partial charge in [0.2, 0.25) is 0 Å². The van der Waals surface area contributed by atoms with Gasteiger partial charge >= 0.3 is 0 Å². The number of hydrogen-bond donors (Lipinski definition) is 1. The van der Waals surface area contributed by atoms with E-state index in [9.17, 15) is 9.18 Å². The molecule has 0 spiro atoms. The molecule has 19 heavy (non-hydrogen) atoms. The van der Waals surface area contributed by atoms with Crippen molar-refractivity contribution in [2.24, 2.45) is 11.7 Å². The summed E-state index contributed by atoms with van der Waals surface area (Å²) in [6.45, 7) is 2.24. The minimum absolute atomic E-state index is 0.0214. The Morgan fingerprint density at radius 1 is 1.42 bits per heavy atom. The Balaban J connectivity index is 1.99. The van der Waals surface area contributed by atoms with Gasteiger partial charge in [0.25, 0.3) is 5.91 Å². The summed E-state index contributed by atoms with van der Waals surface area (Å²) in [5, 5.41) is 0. The van der Waals surface area contributed by atoms with Crippen LogP contribution in [0.25, 0.3) is 0 Å². The molecular weight excluding hydrogens is 311 g/mol. The fourth-order valence-electron chi connectivity index (χ4n) is 2.47. The first-order valence-electron chi connectivity index (χ1n) is 6.56. The molecule has 104 valence electrons. The first-order valence-corrected chi connectivity index (χ1v) is 7.35. The zero-order valence-corrected chi connectivity index (χ0v) is 12.3. The van der Waals surface area contributed by atoms with E-state index in [1.165, 1.54) is 12.1 Å². The van der Waals surface area contributed by atoms with E-state index in [-0.39, 0.29) is 11.7 Å². The molecule has 0 radical (unpaired) electrons. The summed E-state index contributed by atoms with van der Waals surface area (Å²) in [6, 6.07) is 4.40. The summed E-state index contributed by atoms with van der Waals surface area (Å²) < 4.78 is 13.5. The number of rotatable bonds is 3. The van der Waals surface area contributed by atoms with Gasteiger partial charge in [-0.3, -0.25) is 4.79 Å². The summed E-state index contributed by atoms with van der Waals surface area (Å²) in [7, 11) is 0. The molecule has 1 aromatic rings. The van der Waals surface area contributed by atoms with Gasteiger partial charge in [0, 0.05) is 18.7 Å². The van der Waals surface area contributed by atoms with Crippen LogP contribution in [0.3, 0.4) is 0 Å². The molecule has 2 N–H and O–H groups in total. The number of hydrogen-bond acceptors (Lipinski definition) is 2. The molecule has 0 saturated carbocycles. The van der Waals surface area contributed by atoms with Gasteiger partial charge in [0.1, 0.15) is 5.82 Å². The molecule has 1 fully saturated rings. The number of nitrogens with two attached hydrogens (primary N) is 1. The summed E-state index contributed by atoms with van der Waals surface area (Å²) >= 11 is 3.11. The summed E-state index contributed by atoms with van der Waals surface area (Å²) in [4.78, 5) is 14.1. The predicted octanol–water partition coefficient (Wildman–Crippen LogP) is 2.79. The summed E-state index contributed by atoms with van der Waals surface area (Å²) in [5.41, 5.74) is 6.09. The zero-order valence-electron chi connectivity index (χ0n) is 10.7. The number of halogens is 2. The molecular formula is C14H18BrFN2O. The largest absolute Gasteiger partial charge is 0.339 e. The van der Waals surface area contributed by atoms with E-state index in [2.05, 4.69) is 15.9 Å². The second-order valence-corrected chi connectivity index (χ2v) is 5.80. The molecule has 1 heterocycles. The number of likely N-dealkylation sites (tertiary alicyclic amines) is 1. The molecule has 3 nitrogen and oxygen atoms in total. The van der Waals surface area contributed by atoms with Crippen molar-refractivity contribution in [3.63, 3.8) is 0 Å². The molecule has 5 heteroatoms. The molecule has 0 aliphatic carbocycles. The number of amides is 1. The first kappa shape index (κ1) is 14.5. The van der Waals surface area contributed by atoms with Crippen molar-refractivity contribution in [1.82, 2.24) is 4.90 Å². The lowest BCUT2D eigenvalue weighted by Crippen LogP contribution is -2.38. The predicted molar refractivity (Wildman–Crippen MR) is 76.4 cm³/mol. The molecule has 0 aromatic heterocycles. The first-order chi connectivity index (χ1) is 9.11. The highest BCUT2D eigenvalue weighted by Gasteiger charge is 2.23. The number of piperidine rings is 1. The number of benzene rings is 1. The third-order valence-electron chi connectivity index (χ3n) is 3.64. The lowest BCUT2D eigenvalue weighted by molar-refractivity contribution is 0.0688. The molecule has 0 unspecified atom stereocenters. The van der Waals surface area contributed by atoms with Crippen LogP contribution < -0.4 is 5.73 Å². The minimum atomic E-state index is -0.349. The maximum absolute atomic E-state index is 13.2. The Hall–Kier alpha value is -0.940. The van der Waals surface area contributed by atoms with Gasteiger partial charge in [-0.05, 0) is 65.9 Å². The highest BCUT2D eigenvalue weighted by atomic mass is 79.9. The Morgan fingerprint density at radius 3 is 2.68 bits per heavy atom. The highest BCUT2D eigenvalue weighted by molar-refractivity contribution is 9.10. The van der Waals surface area contributed by atoms with Gasteiger partial charge in [0.15, 0.2) is 0 Å². The maximum atomic E-state index is 13.2. The molecule has 1 aromatic carbocycles. The lowest BCUT2D eigenvalue weighted by atomic mass is 9.93. The monoisotopic (exact) mass is 328 g/mol. The van der Waals surface area contributed by atoms with E-state index in [1.54, 1.807) is 6.07 Å². The molecule has 1 aliphatic rings. The maximum Gasteiger partial charge on any atom is 0.253 e. The quantitative estimate of drug-likeness (QED) is 0.927. The van der Waals surface area contributed by atoms with Crippen molar-refractivity contribution < 1.29 is 9.18 Å². The molecule has 1 saturated heterocycles. The van der Waals surface area contributed by atoms with E-state index in [1.807, 2.05) is 4.90 Å².